The SMILES string of the molecule is CCNC(=N)[N]c1ccccc1. The van der Waals surface area contributed by atoms with Gasteiger partial charge in [-0.2, -0.15) is 0 Å². The second kappa shape index (κ2) is 4.38. The van der Waals surface area contributed by atoms with E-state index in [9.17, 15) is 0 Å². The summed E-state index contributed by atoms with van der Waals surface area (Å²) in [5, 5.41) is 14.2. The molecule has 1 rings (SSSR count). The Bertz CT molecular complexity index is 243. The maximum absolute atomic E-state index is 7.35. The number of rotatable bonds is 2. The van der Waals surface area contributed by atoms with Gasteiger partial charge in [0.15, 0.2) is 0 Å². The Morgan fingerprint density at radius 1 is 1.42 bits per heavy atom. The standard InChI is InChI=1S/C9H12N3/c1-2-11-9(10)12-8-6-4-3-5-7-8/h3-7H,2H2,1H3,(H2,10,11). The number of benzene rings is 1. The molecule has 0 aliphatic rings. The van der Waals surface area contributed by atoms with Gasteiger partial charge in [0.25, 0.3) is 0 Å². The van der Waals surface area contributed by atoms with Crippen molar-refractivity contribution < 1.29 is 0 Å². The van der Waals surface area contributed by atoms with Gasteiger partial charge in [-0.3, -0.25) is 5.41 Å². The molecule has 3 heteroatoms. The fourth-order valence-electron chi connectivity index (χ4n) is 0.839. The third-order valence-corrected chi connectivity index (χ3v) is 1.34. The highest BCUT2D eigenvalue weighted by molar-refractivity contribution is 5.80. The van der Waals surface area contributed by atoms with Crippen LogP contribution in [0.2, 0.25) is 0 Å². The molecule has 0 aliphatic carbocycles. The molecule has 0 aromatic heterocycles. The molecule has 12 heavy (non-hydrogen) atoms. The molecule has 1 aromatic rings. The average Bonchev–Trinajstić information content (AvgIpc) is 2.06. The van der Waals surface area contributed by atoms with E-state index in [0.29, 0.717) is 0 Å². The summed E-state index contributed by atoms with van der Waals surface area (Å²) in [5.74, 6) is 0.212. The van der Waals surface area contributed by atoms with Crippen molar-refractivity contribution in [2.45, 2.75) is 6.92 Å². The summed E-state index contributed by atoms with van der Waals surface area (Å²) in [7, 11) is 0. The van der Waals surface area contributed by atoms with Crippen LogP contribution in [0, 0.1) is 5.41 Å². The first-order valence-electron chi connectivity index (χ1n) is 3.92. The number of guanidine groups is 1. The van der Waals surface area contributed by atoms with Crippen molar-refractivity contribution in [3.8, 4) is 0 Å². The van der Waals surface area contributed by atoms with Gasteiger partial charge < -0.3 is 5.32 Å². The first-order valence-corrected chi connectivity index (χ1v) is 3.92. The topological polar surface area (TPSA) is 50.0 Å². The van der Waals surface area contributed by atoms with Crippen molar-refractivity contribution in [2.75, 3.05) is 6.54 Å². The predicted molar refractivity (Wildman–Crippen MR) is 49.6 cm³/mol. The minimum absolute atomic E-state index is 0.212. The molecule has 0 amide bonds. The van der Waals surface area contributed by atoms with Crippen LogP contribution in [0.4, 0.5) is 5.69 Å². The van der Waals surface area contributed by atoms with Crippen LogP contribution in [0.25, 0.3) is 0 Å². The van der Waals surface area contributed by atoms with Gasteiger partial charge in [-0.05, 0) is 19.1 Å². The Morgan fingerprint density at radius 3 is 2.67 bits per heavy atom. The second-order valence-electron chi connectivity index (χ2n) is 2.33. The number of para-hydroxylation sites is 1. The third-order valence-electron chi connectivity index (χ3n) is 1.34. The summed E-state index contributed by atoms with van der Waals surface area (Å²) >= 11 is 0. The average molecular weight is 162 g/mol. The molecule has 0 unspecified atom stereocenters. The molecule has 0 fully saturated rings. The second-order valence-corrected chi connectivity index (χ2v) is 2.33. The zero-order chi connectivity index (χ0) is 8.81. The van der Waals surface area contributed by atoms with Crippen molar-refractivity contribution in [2.24, 2.45) is 0 Å². The summed E-state index contributed by atoms with van der Waals surface area (Å²) in [6.45, 7) is 2.67. The maximum Gasteiger partial charge on any atom is 0.215 e. The minimum atomic E-state index is 0.212. The minimum Gasteiger partial charge on any atom is -0.355 e. The predicted octanol–water partition coefficient (Wildman–Crippen LogP) is 1.47. The Balaban J connectivity index is 2.47. The van der Waals surface area contributed by atoms with E-state index in [0.717, 1.165) is 12.2 Å². The molecule has 0 saturated heterocycles. The van der Waals surface area contributed by atoms with E-state index < -0.39 is 0 Å². The van der Waals surface area contributed by atoms with Crippen LogP contribution in [0.15, 0.2) is 30.3 Å². The molecule has 2 N–H and O–H groups in total. The number of nitrogens with one attached hydrogen (secondary N) is 2. The third kappa shape index (κ3) is 2.62. The summed E-state index contributed by atoms with van der Waals surface area (Å²) in [6, 6.07) is 9.46. The summed E-state index contributed by atoms with van der Waals surface area (Å²) in [6.07, 6.45) is 0. The lowest BCUT2D eigenvalue weighted by atomic mass is 10.3. The smallest absolute Gasteiger partial charge is 0.215 e. The van der Waals surface area contributed by atoms with Crippen LogP contribution in [0.5, 0.6) is 0 Å². The largest absolute Gasteiger partial charge is 0.355 e. The Morgan fingerprint density at radius 2 is 2.08 bits per heavy atom. The van der Waals surface area contributed by atoms with Crippen molar-refractivity contribution >= 4 is 11.6 Å². The Kier molecular flexibility index (Phi) is 3.14. The molecule has 3 nitrogen and oxygen atoms in total. The van der Waals surface area contributed by atoms with Gasteiger partial charge in [0.05, 0.1) is 5.69 Å². The van der Waals surface area contributed by atoms with Crippen LogP contribution in [0.1, 0.15) is 6.92 Å². The van der Waals surface area contributed by atoms with Gasteiger partial charge in [0, 0.05) is 6.54 Å². The molecule has 0 aliphatic heterocycles. The number of hydrogen-bond donors (Lipinski definition) is 2. The zero-order valence-electron chi connectivity index (χ0n) is 7.04. The zero-order valence-corrected chi connectivity index (χ0v) is 7.04. The van der Waals surface area contributed by atoms with E-state index in [1.54, 1.807) is 0 Å². The first kappa shape index (κ1) is 8.59. The maximum atomic E-state index is 7.35. The van der Waals surface area contributed by atoms with Gasteiger partial charge >= 0.3 is 0 Å². The summed E-state index contributed by atoms with van der Waals surface area (Å²) in [5.41, 5.74) is 0.809. The molecule has 0 atom stereocenters. The van der Waals surface area contributed by atoms with Crippen molar-refractivity contribution in [1.82, 2.24) is 10.6 Å². The Labute approximate surface area is 72.3 Å². The van der Waals surface area contributed by atoms with E-state index >= 15 is 0 Å². The molecule has 0 spiro atoms. The lowest BCUT2D eigenvalue weighted by molar-refractivity contribution is 0.913. The highest BCUT2D eigenvalue weighted by atomic mass is 15.1. The number of nitrogens with zero attached hydrogens (tertiary/aromatic N) is 1. The lowest BCUT2D eigenvalue weighted by Gasteiger charge is -2.04. The van der Waals surface area contributed by atoms with Crippen molar-refractivity contribution in [3.63, 3.8) is 0 Å². The number of hydrogen-bond acceptors (Lipinski definition) is 1. The molecule has 0 bridgehead atoms. The van der Waals surface area contributed by atoms with Crippen LogP contribution in [-0.2, 0) is 0 Å². The van der Waals surface area contributed by atoms with E-state index in [4.69, 9.17) is 5.41 Å². The summed E-state index contributed by atoms with van der Waals surface area (Å²) in [4.78, 5) is 0. The monoisotopic (exact) mass is 162 g/mol. The highest BCUT2D eigenvalue weighted by Gasteiger charge is 1.95. The van der Waals surface area contributed by atoms with Gasteiger partial charge in [0.2, 0.25) is 5.96 Å². The van der Waals surface area contributed by atoms with Crippen molar-refractivity contribution in [1.29, 1.82) is 5.41 Å². The van der Waals surface area contributed by atoms with Gasteiger partial charge in [-0.1, -0.05) is 18.2 Å². The molecule has 1 radical (unpaired) electrons. The van der Waals surface area contributed by atoms with Crippen LogP contribution in [-0.4, -0.2) is 12.5 Å². The normalized spacial score (nSPS) is 9.08. The van der Waals surface area contributed by atoms with E-state index in [2.05, 4.69) is 10.6 Å². The molecule has 0 saturated carbocycles. The van der Waals surface area contributed by atoms with E-state index in [1.165, 1.54) is 0 Å². The van der Waals surface area contributed by atoms with Crippen molar-refractivity contribution in [3.05, 3.63) is 30.3 Å². The molecule has 1 aromatic carbocycles. The van der Waals surface area contributed by atoms with Crippen LogP contribution >= 0.6 is 0 Å². The van der Waals surface area contributed by atoms with Gasteiger partial charge in [-0.15, -0.1) is 0 Å². The fourth-order valence-corrected chi connectivity index (χ4v) is 0.839. The molecular weight excluding hydrogens is 150 g/mol. The van der Waals surface area contributed by atoms with Crippen LogP contribution in [0.3, 0.4) is 0 Å². The quantitative estimate of drug-likeness (QED) is 0.502. The molecule has 0 heterocycles. The van der Waals surface area contributed by atoms with E-state index in [1.807, 2.05) is 37.3 Å². The Hall–Kier alpha value is -1.51. The lowest BCUT2D eigenvalue weighted by Crippen LogP contribution is -2.28. The summed E-state index contributed by atoms with van der Waals surface area (Å²) < 4.78 is 0. The fraction of sp³-hybridized carbons (Fsp3) is 0.222. The molecule has 63 valence electrons. The molecular formula is C9H12N3. The first-order chi connectivity index (χ1) is 5.83. The van der Waals surface area contributed by atoms with Gasteiger partial charge in [-0.25, -0.2) is 5.32 Å². The van der Waals surface area contributed by atoms with E-state index in [-0.39, 0.29) is 5.96 Å². The van der Waals surface area contributed by atoms with Gasteiger partial charge in [0.1, 0.15) is 0 Å². The highest BCUT2D eigenvalue weighted by Crippen LogP contribution is 2.03. The van der Waals surface area contributed by atoms with Crippen LogP contribution < -0.4 is 10.6 Å².